The number of aliphatic hydroxyl groups excluding tert-OH is 1. The fourth-order valence-electron chi connectivity index (χ4n) is 2.49. The highest BCUT2D eigenvalue weighted by Crippen LogP contribution is 2.26. The Labute approximate surface area is 135 Å². The number of morpholine rings is 1. The van der Waals surface area contributed by atoms with Crippen molar-refractivity contribution in [3.05, 3.63) is 29.3 Å². The molecular formula is C15H21NO6S. The summed E-state index contributed by atoms with van der Waals surface area (Å²) in [7, 11) is -2.57. The van der Waals surface area contributed by atoms with Gasteiger partial charge in [0.2, 0.25) is 10.0 Å². The van der Waals surface area contributed by atoms with Gasteiger partial charge in [-0.1, -0.05) is 6.07 Å². The predicted octanol–water partition coefficient (Wildman–Crippen LogP) is 0.552. The summed E-state index contributed by atoms with van der Waals surface area (Å²) in [6.07, 6.45) is -0.551. The number of aliphatic hydroxyl groups is 1. The van der Waals surface area contributed by atoms with Crippen molar-refractivity contribution in [3.63, 3.8) is 0 Å². The molecule has 1 aliphatic rings. The maximum absolute atomic E-state index is 13.0. The molecule has 2 atom stereocenters. The lowest BCUT2D eigenvalue weighted by molar-refractivity contribution is -0.0516. The molecule has 23 heavy (non-hydrogen) atoms. The quantitative estimate of drug-likeness (QED) is 0.803. The third-order valence-electron chi connectivity index (χ3n) is 3.85. The van der Waals surface area contributed by atoms with E-state index >= 15 is 0 Å². The molecule has 1 N–H and O–H groups in total. The van der Waals surface area contributed by atoms with Crippen molar-refractivity contribution in [2.24, 2.45) is 0 Å². The second kappa shape index (κ2) is 6.96. The van der Waals surface area contributed by atoms with Crippen molar-refractivity contribution in [2.75, 3.05) is 26.9 Å². The molecule has 0 aromatic heterocycles. The first-order chi connectivity index (χ1) is 10.8. The molecule has 7 nitrogen and oxygen atoms in total. The van der Waals surface area contributed by atoms with Gasteiger partial charge in [0.1, 0.15) is 0 Å². The zero-order chi connectivity index (χ0) is 17.2. The first-order valence-electron chi connectivity index (χ1n) is 7.24. The van der Waals surface area contributed by atoms with Crippen molar-refractivity contribution in [3.8, 4) is 0 Å². The van der Waals surface area contributed by atoms with Gasteiger partial charge in [0.15, 0.2) is 0 Å². The van der Waals surface area contributed by atoms with E-state index in [1.807, 2.05) is 0 Å². The molecule has 1 aromatic carbocycles. The fourth-order valence-corrected chi connectivity index (χ4v) is 4.39. The van der Waals surface area contributed by atoms with Crippen molar-refractivity contribution in [2.45, 2.75) is 30.9 Å². The van der Waals surface area contributed by atoms with Crippen molar-refractivity contribution < 1.29 is 27.8 Å². The van der Waals surface area contributed by atoms with Crippen LogP contribution in [-0.2, 0) is 19.5 Å². The molecule has 1 saturated heterocycles. The summed E-state index contributed by atoms with van der Waals surface area (Å²) in [5, 5.41) is 9.23. The molecule has 0 unspecified atom stereocenters. The number of ether oxygens (including phenoxy) is 2. The Morgan fingerprint density at radius 1 is 1.48 bits per heavy atom. The minimum atomic E-state index is -3.81. The Hall–Kier alpha value is -1.48. The molecule has 0 radical (unpaired) electrons. The molecule has 2 rings (SSSR count). The molecular weight excluding hydrogens is 322 g/mol. The van der Waals surface area contributed by atoms with Crippen LogP contribution in [0.2, 0.25) is 0 Å². The molecule has 1 aromatic rings. The summed E-state index contributed by atoms with van der Waals surface area (Å²) < 4.78 is 37.3. The first-order valence-corrected chi connectivity index (χ1v) is 8.68. The molecule has 8 heteroatoms. The van der Waals surface area contributed by atoms with Crippen molar-refractivity contribution in [1.82, 2.24) is 4.31 Å². The van der Waals surface area contributed by atoms with Crippen molar-refractivity contribution >= 4 is 16.0 Å². The molecule has 0 aliphatic carbocycles. The Balaban J connectivity index is 2.44. The summed E-state index contributed by atoms with van der Waals surface area (Å²) in [4.78, 5) is 11.7. The van der Waals surface area contributed by atoms with E-state index in [2.05, 4.69) is 4.74 Å². The average Bonchev–Trinajstić information content (AvgIpc) is 2.54. The number of carbonyl (C=O) groups excluding carboxylic acids is 1. The van der Waals surface area contributed by atoms with Crippen LogP contribution in [0.4, 0.5) is 0 Å². The highest BCUT2D eigenvalue weighted by molar-refractivity contribution is 7.89. The Morgan fingerprint density at radius 2 is 2.17 bits per heavy atom. The second-order valence-electron chi connectivity index (χ2n) is 5.53. The van der Waals surface area contributed by atoms with Crippen LogP contribution >= 0.6 is 0 Å². The number of nitrogens with zero attached hydrogens (tertiary/aromatic N) is 1. The van der Waals surface area contributed by atoms with Crippen LogP contribution in [0, 0.1) is 6.92 Å². The van der Waals surface area contributed by atoms with E-state index in [1.54, 1.807) is 19.9 Å². The van der Waals surface area contributed by atoms with Gasteiger partial charge in [-0.05, 0) is 31.5 Å². The van der Waals surface area contributed by atoms with E-state index in [0.717, 1.165) is 0 Å². The van der Waals surface area contributed by atoms with Gasteiger partial charge in [0, 0.05) is 12.6 Å². The Kier molecular flexibility index (Phi) is 5.41. The lowest BCUT2D eigenvalue weighted by Gasteiger charge is -2.36. The summed E-state index contributed by atoms with van der Waals surface area (Å²) in [6, 6.07) is 4.07. The molecule has 1 fully saturated rings. The average molecular weight is 343 g/mol. The summed E-state index contributed by atoms with van der Waals surface area (Å²) in [5.41, 5.74) is 0.716. The van der Waals surface area contributed by atoms with E-state index in [9.17, 15) is 18.3 Å². The number of aryl methyl sites for hydroxylation is 1. The zero-order valence-electron chi connectivity index (χ0n) is 13.4. The molecule has 128 valence electrons. The molecule has 1 aliphatic heterocycles. The maximum Gasteiger partial charge on any atom is 0.337 e. The highest BCUT2D eigenvalue weighted by atomic mass is 32.2. The summed E-state index contributed by atoms with van der Waals surface area (Å²) in [5.74, 6) is -0.593. The molecule has 0 amide bonds. The van der Waals surface area contributed by atoms with Gasteiger partial charge in [-0.2, -0.15) is 4.31 Å². The van der Waals surface area contributed by atoms with E-state index < -0.39 is 22.1 Å². The predicted molar refractivity (Wildman–Crippen MR) is 82.7 cm³/mol. The van der Waals surface area contributed by atoms with E-state index in [0.29, 0.717) is 5.56 Å². The van der Waals surface area contributed by atoms with Crippen LogP contribution < -0.4 is 0 Å². The van der Waals surface area contributed by atoms with E-state index in [4.69, 9.17) is 4.74 Å². The van der Waals surface area contributed by atoms with Gasteiger partial charge in [0.25, 0.3) is 0 Å². The number of hydrogen-bond acceptors (Lipinski definition) is 6. The number of methoxy groups -OCH3 is 1. The number of sulfonamides is 1. The number of rotatable bonds is 4. The topological polar surface area (TPSA) is 93.1 Å². The zero-order valence-corrected chi connectivity index (χ0v) is 14.2. The first kappa shape index (κ1) is 17.9. The SMILES string of the molecule is COC(=O)c1ccc(C)c(S(=O)(=O)N2C[C@H](CO)OC[C@H]2C)c1. The van der Waals surface area contributed by atoms with Gasteiger partial charge in [-0.15, -0.1) is 0 Å². The Morgan fingerprint density at radius 3 is 2.78 bits per heavy atom. The van der Waals surface area contributed by atoms with Crippen LogP contribution in [0.25, 0.3) is 0 Å². The fraction of sp³-hybridized carbons (Fsp3) is 0.533. The smallest absolute Gasteiger partial charge is 0.337 e. The maximum atomic E-state index is 13.0. The monoisotopic (exact) mass is 343 g/mol. The summed E-state index contributed by atoms with van der Waals surface area (Å²) in [6.45, 7) is 3.44. The third-order valence-corrected chi connectivity index (χ3v) is 5.97. The van der Waals surface area contributed by atoms with E-state index in [1.165, 1.54) is 23.5 Å². The third kappa shape index (κ3) is 3.55. The normalized spacial score (nSPS) is 22.8. The van der Waals surface area contributed by atoms with Gasteiger partial charge in [-0.25, -0.2) is 13.2 Å². The van der Waals surface area contributed by atoms with Gasteiger partial charge < -0.3 is 14.6 Å². The van der Waals surface area contributed by atoms with Crippen molar-refractivity contribution in [1.29, 1.82) is 0 Å². The van der Waals surface area contributed by atoms with Gasteiger partial charge in [-0.3, -0.25) is 0 Å². The Bertz CT molecular complexity index is 687. The minimum Gasteiger partial charge on any atom is -0.465 e. The molecule has 0 spiro atoms. The number of esters is 1. The lowest BCUT2D eigenvalue weighted by atomic mass is 10.1. The van der Waals surface area contributed by atoms with Gasteiger partial charge in [0.05, 0.1) is 36.9 Å². The summed E-state index contributed by atoms with van der Waals surface area (Å²) >= 11 is 0. The van der Waals surface area contributed by atoms with Crippen LogP contribution in [0.5, 0.6) is 0 Å². The molecule has 1 heterocycles. The largest absolute Gasteiger partial charge is 0.465 e. The number of benzene rings is 1. The molecule has 0 saturated carbocycles. The second-order valence-corrected chi connectivity index (χ2v) is 7.39. The minimum absolute atomic E-state index is 0.0610. The van der Waals surface area contributed by atoms with E-state index in [-0.39, 0.29) is 36.3 Å². The van der Waals surface area contributed by atoms with Crippen LogP contribution in [-0.4, -0.2) is 62.8 Å². The lowest BCUT2D eigenvalue weighted by Crippen LogP contribution is -2.51. The van der Waals surface area contributed by atoms with Crippen LogP contribution in [0.1, 0.15) is 22.8 Å². The van der Waals surface area contributed by atoms with Gasteiger partial charge >= 0.3 is 5.97 Å². The number of carbonyl (C=O) groups is 1. The highest BCUT2D eigenvalue weighted by Gasteiger charge is 2.36. The number of hydrogen-bond donors (Lipinski definition) is 1. The standard InChI is InChI=1S/C15H21NO6S/c1-10-4-5-12(15(18)21-3)6-14(10)23(19,20)16-7-13(8-17)22-9-11(16)2/h4-6,11,13,17H,7-9H2,1-3H3/t11-,13-/m1/s1. The van der Waals surface area contributed by atoms with Crippen LogP contribution in [0.15, 0.2) is 23.1 Å². The van der Waals surface area contributed by atoms with Crippen LogP contribution in [0.3, 0.4) is 0 Å². The molecule has 0 bridgehead atoms.